The maximum atomic E-state index is 9.13. The van der Waals surface area contributed by atoms with Gasteiger partial charge >= 0.3 is 0 Å². The molecule has 2 aromatic rings. The molecule has 0 amide bonds. The lowest BCUT2D eigenvalue weighted by molar-refractivity contribution is 0.161. The van der Waals surface area contributed by atoms with Gasteiger partial charge in [0.1, 0.15) is 5.52 Å². The smallest absolute Gasteiger partial charge is 0.156 e. The molecule has 0 aromatic carbocycles. The Balaban J connectivity index is 2.94. The van der Waals surface area contributed by atoms with Gasteiger partial charge in [-0.05, 0) is 17.4 Å². The highest BCUT2D eigenvalue weighted by Gasteiger charge is 2.07. The minimum absolute atomic E-state index is 0.498. The van der Waals surface area contributed by atoms with Crippen molar-refractivity contribution in [1.29, 1.82) is 0 Å². The van der Waals surface area contributed by atoms with Crippen LogP contribution < -0.4 is 0 Å². The molecule has 4 heteroatoms. The first kappa shape index (κ1) is 6.25. The van der Waals surface area contributed by atoms with E-state index in [9.17, 15) is 0 Å². The topological polar surface area (TPSA) is 38.0 Å². The van der Waals surface area contributed by atoms with Crippen molar-refractivity contribution in [3.8, 4) is 12.3 Å². The summed E-state index contributed by atoms with van der Waals surface area (Å²) < 4.78 is 0.856. The van der Waals surface area contributed by atoms with E-state index in [1.807, 2.05) is 5.38 Å². The van der Waals surface area contributed by atoms with Crippen molar-refractivity contribution in [2.75, 3.05) is 0 Å². The summed E-state index contributed by atoms with van der Waals surface area (Å²) in [6, 6.07) is 1.77. The second-order valence-corrected chi connectivity index (χ2v) is 2.93. The van der Waals surface area contributed by atoms with E-state index in [4.69, 9.17) is 11.6 Å². The van der Waals surface area contributed by atoms with Crippen LogP contribution in [0.25, 0.3) is 10.2 Å². The van der Waals surface area contributed by atoms with Crippen LogP contribution in [0, 0.1) is 12.3 Å². The van der Waals surface area contributed by atoms with Gasteiger partial charge < -0.3 is 5.21 Å². The lowest BCUT2D eigenvalue weighted by Gasteiger charge is -1.82. The summed E-state index contributed by atoms with van der Waals surface area (Å²) in [6.07, 6.45) is 5.16. The van der Waals surface area contributed by atoms with Crippen molar-refractivity contribution in [1.82, 2.24) is 9.94 Å². The van der Waals surface area contributed by atoms with Crippen molar-refractivity contribution in [3.05, 3.63) is 17.1 Å². The number of hydrogen-bond acceptors (Lipinski definition) is 3. The average Bonchev–Trinajstić information content (AvgIpc) is 2.54. The van der Waals surface area contributed by atoms with Crippen LogP contribution in [0.2, 0.25) is 0 Å². The SMILES string of the molecule is C#Cc1nn(O)c2ccsc12. The molecule has 2 aromatic heterocycles. The summed E-state index contributed by atoms with van der Waals surface area (Å²) in [4.78, 5) is 0.807. The molecule has 0 fully saturated rings. The lowest BCUT2D eigenvalue weighted by Crippen LogP contribution is -1.90. The third kappa shape index (κ3) is 0.717. The fourth-order valence-corrected chi connectivity index (χ4v) is 1.74. The van der Waals surface area contributed by atoms with Gasteiger partial charge in [-0.2, -0.15) is 0 Å². The summed E-state index contributed by atoms with van der Waals surface area (Å²) in [7, 11) is 0. The first-order valence-electron chi connectivity index (χ1n) is 2.95. The van der Waals surface area contributed by atoms with E-state index in [0.717, 1.165) is 9.55 Å². The highest BCUT2D eigenvalue weighted by atomic mass is 32.1. The van der Waals surface area contributed by atoms with Gasteiger partial charge in [0.25, 0.3) is 0 Å². The maximum Gasteiger partial charge on any atom is 0.156 e. The molecule has 0 saturated heterocycles. The Hall–Kier alpha value is -1.47. The zero-order chi connectivity index (χ0) is 7.84. The molecule has 0 aliphatic rings. The first-order chi connectivity index (χ1) is 5.33. The largest absolute Gasteiger partial charge is 0.411 e. The predicted molar refractivity (Wildman–Crippen MR) is 42.7 cm³/mol. The number of rotatable bonds is 0. The minimum atomic E-state index is 0.498. The second-order valence-electron chi connectivity index (χ2n) is 2.02. The zero-order valence-electron chi connectivity index (χ0n) is 5.48. The minimum Gasteiger partial charge on any atom is -0.411 e. The molecule has 0 bridgehead atoms. The Morgan fingerprint density at radius 2 is 2.55 bits per heavy atom. The Bertz CT molecular complexity index is 435. The third-order valence-electron chi connectivity index (χ3n) is 1.41. The van der Waals surface area contributed by atoms with E-state index in [1.54, 1.807) is 6.07 Å². The van der Waals surface area contributed by atoms with Crippen molar-refractivity contribution in [2.24, 2.45) is 0 Å². The fraction of sp³-hybridized carbons (Fsp3) is 0. The third-order valence-corrected chi connectivity index (χ3v) is 2.32. The van der Waals surface area contributed by atoms with Gasteiger partial charge in [0.05, 0.1) is 4.70 Å². The molecule has 0 radical (unpaired) electrons. The Morgan fingerprint density at radius 3 is 3.27 bits per heavy atom. The van der Waals surface area contributed by atoms with E-state index in [-0.39, 0.29) is 0 Å². The quantitative estimate of drug-likeness (QED) is 0.471. The molecule has 3 nitrogen and oxygen atoms in total. The number of hydrogen-bond donors (Lipinski definition) is 1. The van der Waals surface area contributed by atoms with Crippen LogP contribution in [0.1, 0.15) is 5.69 Å². The number of aromatic nitrogens is 2. The van der Waals surface area contributed by atoms with Crippen LogP contribution in [0.4, 0.5) is 0 Å². The van der Waals surface area contributed by atoms with Gasteiger partial charge in [-0.15, -0.1) is 22.9 Å². The summed E-state index contributed by atoms with van der Waals surface area (Å²) in [5.41, 5.74) is 1.17. The van der Waals surface area contributed by atoms with Crippen LogP contribution in [0.5, 0.6) is 0 Å². The number of nitrogens with zero attached hydrogens (tertiary/aromatic N) is 2. The number of fused-ring (bicyclic) bond motifs is 1. The zero-order valence-corrected chi connectivity index (χ0v) is 6.30. The lowest BCUT2D eigenvalue weighted by atomic mass is 10.4. The molecule has 0 saturated carbocycles. The van der Waals surface area contributed by atoms with Crippen LogP contribution in [-0.2, 0) is 0 Å². The van der Waals surface area contributed by atoms with Gasteiger partial charge in [-0.1, -0.05) is 4.85 Å². The molecule has 0 atom stereocenters. The summed E-state index contributed by atoms with van der Waals surface area (Å²) in [5, 5.41) is 14.7. The number of thiophene rings is 1. The van der Waals surface area contributed by atoms with Crippen LogP contribution in [0.15, 0.2) is 11.4 Å². The summed E-state index contributed by atoms with van der Waals surface area (Å²) >= 11 is 1.47. The molecule has 2 rings (SSSR count). The van der Waals surface area contributed by atoms with Crippen molar-refractivity contribution in [3.63, 3.8) is 0 Å². The predicted octanol–water partition coefficient (Wildman–Crippen LogP) is 1.32. The van der Waals surface area contributed by atoms with Crippen LogP contribution in [0.3, 0.4) is 0 Å². The van der Waals surface area contributed by atoms with Crippen molar-refractivity contribution >= 4 is 21.6 Å². The van der Waals surface area contributed by atoms with Gasteiger partial charge in [-0.25, -0.2) is 0 Å². The first-order valence-corrected chi connectivity index (χ1v) is 3.83. The van der Waals surface area contributed by atoms with Gasteiger partial charge in [0, 0.05) is 0 Å². The van der Waals surface area contributed by atoms with Crippen molar-refractivity contribution in [2.45, 2.75) is 0 Å². The van der Waals surface area contributed by atoms with Gasteiger partial charge in [0.2, 0.25) is 0 Å². The summed E-state index contributed by atoms with van der Waals surface area (Å²) in [5.74, 6) is 2.40. The van der Waals surface area contributed by atoms with Gasteiger partial charge in [0.15, 0.2) is 5.69 Å². The molecule has 0 unspecified atom stereocenters. The standard InChI is InChI=1S/C7H4N2OS/c1-2-5-7-6(3-4-11-7)9(10)8-5/h1,3-4,10H. The highest BCUT2D eigenvalue weighted by Crippen LogP contribution is 2.22. The highest BCUT2D eigenvalue weighted by molar-refractivity contribution is 7.17. The van der Waals surface area contributed by atoms with E-state index >= 15 is 0 Å². The second kappa shape index (κ2) is 2.01. The molecule has 0 aliphatic carbocycles. The molecular weight excluding hydrogens is 160 g/mol. The normalized spacial score (nSPS) is 10.1. The molecule has 1 N–H and O–H groups in total. The van der Waals surface area contributed by atoms with Gasteiger partial charge in [-0.3, -0.25) is 0 Å². The molecular formula is C7H4N2OS. The summed E-state index contributed by atoms with van der Waals surface area (Å²) in [6.45, 7) is 0. The van der Waals surface area contributed by atoms with Crippen molar-refractivity contribution < 1.29 is 5.21 Å². The number of terminal acetylenes is 1. The molecule has 0 aliphatic heterocycles. The van der Waals surface area contributed by atoms with E-state index in [2.05, 4.69) is 11.0 Å². The Labute approximate surface area is 66.8 Å². The molecule has 54 valence electrons. The van der Waals surface area contributed by atoms with E-state index in [0.29, 0.717) is 11.2 Å². The van der Waals surface area contributed by atoms with E-state index in [1.165, 1.54) is 11.3 Å². The molecule has 2 heterocycles. The fourth-order valence-electron chi connectivity index (χ4n) is 0.926. The van der Waals surface area contributed by atoms with Crippen LogP contribution >= 0.6 is 11.3 Å². The molecule has 11 heavy (non-hydrogen) atoms. The van der Waals surface area contributed by atoms with E-state index < -0.39 is 0 Å². The Morgan fingerprint density at radius 1 is 1.73 bits per heavy atom. The van der Waals surface area contributed by atoms with Crippen LogP contribution in [-0.4, -0.2) is 15.2 Å². The monoisotopic (exact) mass is 164 g/mol. The maximum absolute atomic E-state index is 9.13. The average molecular weight is 164 g/mol. The Kier molecular flexibility index (Phi) is 1.14. The molecule has 0 spiro atoms.